The molecule has 0 atom stereocenters. The summed E-state index contributed by atoms with van der Waals surface area (Å²) in [6.07, 6.45) is 3.03. The van der Waals surface area contributed by atoms with E-state index in [-0.39, 0.29) is 17.2 Å². The van der Waals surface area contributed by atoms with Crippen LogP contribution in [0.5, 0.6) is 0 Å². The van der Waals surface area contributed by atoms with Crippen LogP contribution in [0.3, 0.4) is 0 Å². The maximum atomic E-state index is 13.7. The summed E-state index contributed by atoms with van der Waals surface area (Å²) in [6, 6.07) is 9.07. The standard InChI is InChI=1S/C24H25F2NO3/c1-14-3-4-16(17-5-6-19(25)20(26)12-17)11-18(14)21-22(28)24(27-23(21)29)9-7-15(8-10-24)13-30-2/h3-6,11-12,15,28H,7-10,13H2,1-2H3,(H,27,29)/t15-,24+. The monoisotopic (exact) mass is 413 g/mol. The molecule has 0 unspecified atom stereocenters. The second-order valence-corrected chi connectivity index (χ2v) is 8.32. The number of halogens is 2. The molecule has 1 aliphatic heterocycles. The molecule has 30 heavy (non-hydrogen) atoms. The zero-order valence-electron chi connectivity index (χ0n) is 17.1. The zero-order valence-corrected chi connectivity index (χ0v) is 17.1. The van der Waals surface area contributed by atoms with E-state index in [4.69, 9.17) is 4.74 Å². The van der Waals surface area contributed by atoms with Gasteiger partial charge in [0.05, 0.1) is 11.1 Å². The number of hydrogen-bond donors (Lipinski definition) is 2. The Morgan fingerprint density at radius 1 is 1.10 bits per heavy atom. The summed E-state index contributed by atoms with van der Waals surface area (Å²) in [4.78, 5) is 12.9. The van der Waals surface area contributed by atoms with E-state index in [2.05, 4.69) is 5.32 Å². The summed E-state index contributed by atoms with van der Waals surface area (Å²) in [7, 11) is 1.68. The lowest BCUT2D eigenvalue weighted by Crippen LogP contribution is -2.47. The molecule has 1 aliphatic carbocycles. The van der Waals surface area contributed by atoms with Gasteiger partial charge in [0.2, 0.25) is 0 Å². The second-order valence-electron chi connectivity index (χ2n) is 8.32. The predicted octanol–water partition coefficient (Wildman–Crippen LogP) is 4.91. The molecule has 1 heterocycles. The zero-order chi connectivity index (χ0) is 21.5. The van der Waals surface area contributed by atoms with Crippen LogP contribution in [0, 0.1) is 24.5 Å². The third-order valence-electron chi connectivity index (χ3n) is 6.39. The molecule has 158 valence electrons. The highest BCUT2D eigenvalue weighted by atomic mass is 19.2. The van der Waals surface area contributed by atoms with Crippen molar-refractivity contribution >= 4 is 11.5 Å². The van der Waals surface area contributed by atoms with E-state index in [0.717, 1.165) is 30.5 Å². The van der Waals surface area contributed by atoms with Gasteiger partial charge in [-0.1, -0.05) is 18.2 Å². The lowest BCUT2D eigenvalue weighted by molar-refractivity contribution is -0.116. The van der Waals surface area contributed by atoms with Gasteiger partial charge in [0.1, 0.15) is 5.76 Å². The molecule has 2 aliphatic rings. The molecule has 4 rings (SSSR count). The Morgan fingerprint density at radius 3 is 2.43 bits per heavy atom. The normalized spacial score (nSPS) is 23.9. The van der Waals surface area contributed by atoms with Crippen molar-refractivity contribution < 1.29 is 23.4 Å². The number of aliphatic hydroxyl groups is 1. The third kappa shape index (κ3) is 3.49. The SMILES string of the molecule is COC[C@H]1CC[C@]2(CC1)NC(=O)C(c1cc(-c3ccc(F)c(F)c3)ccc1C)=C2O. The molecule has 0 aromatic heterocycles. The Balaban J connectivity index is 1.71. The van der Waals surface area contributed by atoms with E-state index in [1.807, 2.05) is 13.0 Å². The summed E-state index contributed by atoms with van der Waals surface area (Å²) >= 11 is 0. The van der Waals surface area contributed by atoms with E-state index < -0.39 is 17.2 Å². The second kappa shape index (κ2) is 7.84. The van der Waals surface area contributed by atoms with Gasteiger partial charge in [-0.05, 0) is 79.0 Å². The highest BCUT2D eigenvalue weighted by Crippen LogP contribution is 2.43. The van der Waals surface area contributed by atoms with Gasteiger partial charge in [0, 0.05) is 13.7 Å². The van der Waals surface area contributed by atoms with Crippen LogP contribution in [-0.2, 0) is 9.53 Å². The summed E-state index contributed by atoms with van der Waals surface area (Å²) in [5, 5.41) is 14.1. The Morgan fingerprint density at radius 2 is 1.77 bits per heavy atom. The van der Waals surface area contributed by atoms with Crippen molar-refractivity contribution in [2.75, 3.05) is 13.7 Å². The molecular formula is C24H25F2NO3. The molecule has 0 saturated heterocycles. The molecule has 0 radical (unpaired) electrons. The lowest BCUT2D eigenvalue weighted by atomic mass is 9.76. The van der Waals surface area contributed by atoms with Gasteiger partial charge >= 0.3 is 0 Å². The van der Waals surface area contributed by atoms with E-state index in [1.165, 1.54) is 6.07 Å². The van der Waals surface area contributed by atoms with E-state index >= 15 is 0 Å². The number of methoxy groups -OCH3 is 1. The van der Waals surface area contributed by atoms with Gasteiger partial charge in [0.25, 0.3) is 5.91 Å². The molecule has 1 saturated carbocycles. The minimum absolute atomic E-state index is 0.0777. The first kappa shape index (κ1) is 20.5. The minimum Gasteiger partial charge on any atom is -0.509 e. The van der Waals surface area contributed by atoms with Crippen LogP contribution in [0.4, 0.5) is 8.78 Å². The largest absolute Gasteiger partial charge is 0.509 e. The first-order chi connectivity index (χ1) is 14.3. The van der Waals surface area contributed by atoms with Crippen LogP contribution in [0.15, 0.2) is 42.2 Å². The minimum atomic E-state index is -0.929. The van der Waals surface area contributed by atoms with Crippen LogP contribution in [0.25, 0.3) is 16.7 Å². The molecule has 0 bridgehead atoms. The summed E-state index contributed by atoms with van der Waals surface area (Å²) < 4.78 is 32.3. The Kier molecular flexibility index (Phi) is 5.36. The summed E-state index contributed by atoms with van der Waals surface area (Å²) in [5.74, 6) is -1.64. The fourth-order valence-corrected chi connectivity index (χ4v) is 4.62. The van der Waals surface area contributed by atoms with Crippen LogP contribution in [-0.4, -0.2) is 30.3 Å². The van der Waals surface area contributed by atoms with Crippen LogP contribution < -0.4 is 5.32 Å². The van der Waals surface area contributed by atoms with E-state index in [0.29, 0.717) is 42.1 Å². The molecule has 2 N–H and O–H groups in total. The molecule has 1 amide bonds. The first-order valence-electron chi connectivity index (χ1n) is 10.2. The molecule has 6 heteroatoms. The van der Waals surface area contributed by atoms with Crippen molar-refractivity contribution in [2.45, 2.75) is 38.1 Å². The van der Waals surface area contributed by atoms with Gasteiger partial charge in [-0.2, -0.15) is 0 Å². The average Bonchev–Trinajstić information content (AvgIpc) is 2.96. The number of carbonyl (C=O) groups is 1. The number of benzene rings is 2. The topological polar surface area (TPSA) is 58.6 Å². The van der Waals surface area contributed by atoms with Crippen molar-refractivity contribution in [3.8, 4) is 11.1 Å². The maximum Gasteiger partial charge on any atom is 0.256 e. The van der Waals surface area contributed by atoms with Crippen molar-refractivity contribution in [3.63, 3.8) is 0 Å². The highest BCUT2D eigenvalue weighted by molar-refractivity contribution is 6.23. The number of hydrogen-bond acceptors (Lipinski definition) is 3. The summed E-state index contributed by atoms with van der Waals surface area (Å²) in [5.41, 5.74) is 2.10. The molecule has 4 nitrogen and oxygen atoms in total. The van der Waals surface area contributed by atoms with Gasteiger partial charge in [0.15, 0.2) is 11.6 Å². The Hall–Kier alpha value is -2.73. The van der Waals surface area contributed by atoms with Gasteiger partial charge in [-0.25, -0.2) is 8.78 Å². The Labute approximate surface area is 174 Å². The van der Waals surface area contributed by atoms with E-state index in [1.54, 1.807) is 19.2 Å². The number of aliphatic hydroxyl groups excluding tert-OH is 1. The predicted molar refractivity (Wildman–Crippen MR) is 111 cm³/mol. The fraction of sp³-hybridized carbons (Fsp3) is 0.375. The van der Waals surface area contributed by atoms with Crippen molar-refractivity contribution in [3.05, 3.63) is 64.9 Å². The molecule has 1 fully saturated rings. The number of rotatable bonds is 4. The quantitative estimate of drug-likeness (QED) is 0.749. The number of nitrogens with one attached hydrogen (secondary N) is 1. The highest BCUT2D eigenvalue weighted by Gasteiger charge is 2.48. The molecule has 2 aromatic rings. The Bertz CT molecular complexity index is 1020. The number of carbonyl (C=O) groups excluding carboxylic acids is 1. The van der Waals surface area contributed by atoms with Crippen molar-refractivity contribution in [2.24, 2.45) is 5.92 Å². The third-order valence-corrected chi connectivity index (χ3v) is 6.39. The fourth-order valence-electron chi connectivity index (χ4n) is 4.62. The summed E-state index contributed by atoms with van der Waals surface area (Å²) in [6.45, 7) is 2.54. The maximum absolute atomic E-state index is 13.7. The van der Waals surface area contributed by atoms with Crippen LogP contribution >= 0.6 is 0 Å². The van der Waals surface area contributed by atoms with Crippen molar-refractivity contribution in [1.29, 1.82) is 0 Å². The average molecular weight is 413 g/mol. The number of aryl methyl sites for hydroxylation is 1. The van der Waals surface area contributed by atoms with Crippen LogP contribution in [0.1, 0.15) is 36.8 Å². The van der Waals surface area contributed by atoms with Gasteiger partial charge < -0.3 is 15.2 Å². The smallest absolute Gasteiger partial charge is 0.256 e. The lowest BCUT2D eigenvalue weighted by Gasteiger charge is -2.37. The molecule has 2 aromatic carbocycles. The number of ether oxygens (including phenoxy) is 1. The van der Waals surface area contributed by atoms with Gasteiger partial charge in [-0.15, -0.1) is 0 Å². The van der Waals surface area contributed by atoms with Gasteiger partial charge in [-0.3, -0.25) is 4.79 Å². The first-order valence-corrected chi connectivity index (χ1v) is 10.2. The number of amides is 1. The van der Waals surface area contributed by atoms with Crippen LogP contribution in [0.2, 0.25) is 0 Å². The van der Waals surface area contributed by atoms with Crippen molar-refractivity contribution in [1.82, 2.24) is 5.32 Å². The molecule has 1 spiro atoms. The molecular weight excluding hydrogens is 388 g/mol. The van der Waals surface area contributed by atoms with E-state index in [9.17, 15) is 18.7 Å².